The Kier molecular flexibility index (Phi) is 4.70. The van der Waals surface area contributed by atoms with Gasteiger partial charge in [-0.05, 0) is 56.8 Å². The summed E-state index contributed by atoms with van der Waals surface area (Å²) in [5.41, 5.74) is 2.84. The van der Waals surface area contributed by atoms with Gasteiger partial charge in [-0.2, -0.15) is 0 Å². The molecule has 1 N–H and O–H groups in total. The Hall–Kier alpha value is -1.23. The van der Waals surface area contributed by atoms with Crippen molar-refractivity contribution in [1.82, 2.24) is 15.2 Å². The van der Waals surface area contributed by atoms with Gasteiger partial charge in [0.1, 0.15) is 0 Å². The molecular formula is C20H27N3S. The van der Waals surface area contributed by atoms with Gasteiger partial charge < -0.3 is 5.32 Å². The minimum absolute atomic E-state index is 0.638. The van der Waals surface area contributed by atoms with Crippen LogP contribution in [0.4, 0.5) is 0 Å². The lowest BCUT2D eigenvalue weighted by Crippen LogP contribution is -2.48. The Morgan fingerprint density at radius 2 is 1.96 bits per heavy atom. The summed E-state index contributed by atoms with van der Waals surface area (Å²) >= 11 is 1.89. The second-order valence-electron chi connectivity index (χ2n) is 7.46. The third-order valence-electron chi connectivity index (χ3n) is 5.49. The number of thiazole rings is 1. The van der Waals surface area contributed by atoms with Crippen LogP contribution in [0.15, 0.2) is 30.5 Å². The maximum atomic E-state index is 4.73. The summed E-state index contributed by atoms with van der Waals surface area (Å²) in [6.07, 6.45) is 4.59. The molecule has 0 saturated carbocycles. The maximum absolute atomic E-state index is 4.73. The van der Waals surface area contributed by atoms with Crippen molar-refractivity contribution in [1.29, 1.82) is 0 Å². The monoisotopic (exact) mass is 341 g/mol. The Balaban J connectivity index is 1.48. The molecule has 4 rings (SSSR count). The Morgan fingerprint density at radius 3 is 2.71 bits per heavy atom. The third-order valence-corrected chi connectivity index (χ3v) is 6.70. The van der Waals surface area contributed by atoms with E-state index in [1.807, 2.05) is 11.3 Å². The first-order valence-corrected chi connectivity index (χ1v) is 10.0. The Labute approximate surface area is 149 Å². The molecule has 128 valence electrons. The zero-order valence-electron chi connectivity index (χ0n) is 14.7. The van der Waals surface area contributed by atoms with E-state index in [2.05, 4.69) is 54.5 Å². The summed E-state index contributed by atoms with van der Waals surface area (Å²) < 4.78 is 0. The SMILES string of the molecule is CC(C)N1CC(c2ncc(-c3cccc(C4CCNCC4)c3)s2)C1. The van der Waals surface area contributed by atoms with Crippen LogP contribution in [-0.2, 0) is 0 Å². The fraction of sp³-hybridized carbons (Fsp3) is 0.550. The fourth-order valence-electron chi connectivity index (χ4n) is 3.80. The molecule has 0 aliphatic carbocycles. The van der Waals surface area contributed by atoms with Gasteiger partial charge in [-0.15, -0.1) is 11.3 Å². The Morgan fingerprint density at radius 1 is 1.17 bits per heavy atom. The number of nitrogens with one attached hydrogen (secondary N) is 1. The lowest BCUT2D eigenvalue weighted by molar-refractivity contribution is 0.110. The van der Waals surface area contributed by atoms with Crippen LogP contribution < -0.4 is 5.32 Å². The number of hydrogen-bond acceptors (Lipinski definition) is 4. The van der Waals surface area contributed by atoms with Crippen LogP contribution in [0.3, 0.4) is 0 Å². The van der Waals surface area contributed by atoms with Gasteiger partial charge in [0.15, 0.2) is 0 Å². The van der Waals surface area contributed by atoms with Crippen LogP contribution in [0.25, 0.3) is 10.4 Å². The van der Waals surface area contributed by atoms with Crippen molar-refractivity contribution in [3.8, 4) is 10.4 Å². The van der Waals surface area contributed by atoms with E-state index in [9.17, 15) is 0 Å². The maximum Gasteiger partial charge on any atom is 0.0987 e. The van der Waals surface area contributed by atoms with E-state index < -0.39 is 0 Å². The molecule has 0 bridgehead atoms. The number of piperidine rings is 1. The van der Waals surface area contributed by atoms with E-state index in [0.29, 0.717) is 17.9 Å². The van der Waals surface area contributed by atoms with E-state index in [4.69, 9.17) is 4.98 Å². The first-order chi connectivity index (χ1) is 11.7. The highest BCUT2D eigenvalue weighted by molar-refractivity contribution is 7.15. The van der Waals surface area contributed by atoms with Crippen molar-refractivity contribution in [3.05, 3.63) is 41.0 Å². The van der Waals surface area contributed by atoms with Crippen LogP contribution in [0.2, 0.25) is 0 Å². The second kappa shape index (κ2) is 6.95. The van der Waals surface area contributed by atoms with Gasteiger partial charge in [0.2, 0.25) is 0 Å². The van der Waals surface area contributed by atoms with E-state index in [0.717, 1.165) is 13.1 Å². The highest BCUT2D eigenvalue weighted by atomic mass is 32.1. The molecule has 3 nitrogen and oxygen atoms in total. The Bertz CT molecular complexity index is 682. The van der Waals surface area contributed by atoms with Gasteiger partial charge in [-0.1, -0.05) is 24.3 Å². The molecule has 2 aliphatic heterocycles. The fourth-order valence-corrected chi connectivity index (χ4v) is 4.80. The molecule has 0 spiro atoms. The first kappa shape index (κ1) is 16.2. The zero-order chi connectivity index (χ0) is 16.5. The molecule has 2 fully saturated rings. The number of aromatic nitrogens is 1. The zero-order valence-corrected chi connectivity index (χ0v) is 15.5. The van der Waals surface area contributed by atoms with Gasteiger partial charge in [0.25, 0.3) is 0 Å². The summed E-state index contributed by atoms with van der Waals surface area (Å²) in [4.78, 5) is 8.57. The molecule has 4 heteroatoms. The number of benzene rings is 1. The van der Waals surface area contributed by atoms with Crippen LogP contribution in [-0.4, -0.2) is 42.1 Å². The van der Waals surface area contributed by atoms with E-state index in [1.54, 1.807) is 0 Å². The molecule has 24 heavy (non-hydrogen) atoms. The predicted octanol–water partition coefficient (Wildman–Crippen LogP) is 4.08. The summed E-state index contributed by atoms with van der Waals surface area (Å²) in [5.74, 6) is 1.35. The van der Waals surface area contributed by atoms with Crippen molar-refractivity contribution in [2.45, 2.75) is 44.6 Å². The average Bonchev–Trinajstić information content (AvgIpc) is 3.04. The molecule has 0 radical (unpaired) electrons. The summed E-state index contributed by atoms with van der Waals surface area (Å²) in [6.45, 7) is 9.17. The van der Waals surface area contributed by atoms with Gasteiger partial charge in [-0.3, -0.25) is 4.90 Å². The van der Waals surface area contributed by atoms with Crippen molar-refractivity contribution in [2.75, 3.05) is 26.2 Å². The van der Waals surface area contributed by atoms with Gasteiger partial charge >= 0.3 is 0 Å². The number of rotatable bonds is 4. The highest BCUT2D eigenvalue weighted by Gasteiger charge is 2.31. The molecule has 0 amide bonds. The molecule has 2 aliphatic rings. The summed E-state index contributed by atoms with van der Waals surface area (Å²) in [7, 11) is 0. The van der Waals surface area contributed by atoms with E-state index in [1.165, 1.54) is 46.9 Å². The molecule has 2 aromatic rings. The summed E-state index contributed by atoms with van der Waals surface area (Å²) in [5, 5.41) is 4.77. The van der Waals surface area contributed by atoms with E-state index in [-0.39, 0.29) is 0 Å². The van der Waals surface area contributed by atoms with Crippen LogP contribution in [0.5, 0.6) is 0 Å². The van der Waals surface area contributed by atoms with Gasteiger partial charge in [-0.25, -0.2) is 4.98 Å². The van der Waals surface area contributed by atoms with Gasteiger partial charge in [0.05, 0.1) is 9.88 Å². The quantitative estimate of drug-likeness (QED) is 0.908. The van der Waals surface area contributed by atoms with E-state index >= 15 is 0 Å². The minimum atomic E-state index is 0.638. The molecule has 0 unspecified atom stereocenters. The van der Waals surface area contributed by atoms with Crippen LogP contribution >= 0.6 is 11.3 Å². The number of likely N-dealkylation sites (tertiary alicyclic amines) is 1. The highest BCUT2D eigenvalue weighted by Crippen LogP contribution is 2.36. The number of hydrogen-bond donors (Lipinski definition) is 1. The molecule has 1 aromatic carbocycles. The lowest BCUT2D eigenvalue weighted by atomic mass is 9.89. The first-order valence-electron chi connectivity index (χ1n) is 9.21. The van der Waals surface area contributed by atoms with Crippen LogP contribution in [0, 0.1) is 0 Å². The second-order valence-corrected chi connectivity index (χ2v) is 8.52. The summed E-state index contributed by atoms with van der Waals surface area (Å²) in [6, 6.07) is 9.81. The average molecular weight is 342 g/mol. The lowest BCUT2D eigenvalue weighted by Gasteiger charge is -2.41. The van der Waals surface area contributed by atoms with Gasteiger partial charge in [0, 0.05) is 31.2 Å². The largest absolute Gasteiger partial charge is 0.317 e. The van der Waals surface area contributed by atoms with Crippen molar-refractivity contribution in [3.63, 3.8) is 0 Å². The van der Waals surface area contributed by atoms with Crippen molar-refractivity contribution < 1.29 is 0 Å². The molecule has 0 atom stereocenters. The van der Waals surface area contributed by atoms with Crippen LogP contribution in [0.1, 0.15) is 49.1 Å². The molecule has 2 saturated heterocycles. The molecule has 3 heterocycles. The van der Waals surface area contributed by atoms with Crippen molar-refractivity contribution in [2.24, 2.45) is 0 Å². The number of nitrogens with zero attached hydrogens (tertiary/aromatic N) is 2. The smallest absolute Gasteiger partial charge is 0.0987 e. The third kappa shape index (κ3) is 3.28. The normalized spacial score (nSPS) is 20.5. The molecular weight excluding hydrogens is 314 g/mol. The van der Waals surface area contributed by atoms with Crippen molar-refractivity contribution >= 4 is 11.3 Å². The minimum Gasteiger partial charge on any atom is -0.317 e. The standard InChI is InChI=1S/C20H27N3S/c1-14(2)23-12-18(13-23)20-22-11-19(24-20)17-5-3-4-16(10-17)15-6-8-21-9-7-15/h3-5,10-11,14-15,18,21H,6-9,12-13H2,1-2H3. The topological polar surface area (TPSA) is 28.2 Å². The predicted molar refractivity (Wildman–Crippen MR) is 102 cm³/mol. The molecule has 1 aromatic heterocycles.